The fraction of sp³-hybridized carbons (Fsp3) is 0.158. The maximum Gasteiger partial charge on any atom is 0.260 e. The van der Waals surface area contributed by atoms with E-state index in [1.807, 2.05) is 13.0 Å². The maximum absolute atomic E-state index is 12.6. The molecule has 1 aromatic heterocycles. The van der Waals surface area contributed by atoms with Crippen molar-refractivity contribution in [3.8, 4) is 5.75 Å². The summed E-state index contributed by atoms with van der Waals surface area (Å²) in [5.41, 5.74) is 2.08. The van der Waals surface area contributed by atoms with Crippen LogP contribution in [0.5, 0.6) is 5.75 Å². The first-order valence-corrected chi connectivity index (χ1v) is 9.14. The minimum atomic E-state index is -0.358. The van der Waals surface area contributed by atoms with E-state index in [4.69, 9.17) is 39.5 Å². The highest BCUT2D eigenvalue weighted by atomic mass is 35.5. The molecule has 0 spiro atoms. The molecule has 0 aliphatic rings. The molecule has 0 saturated heterocycles. The van der Waals surface area contributed by atoms with E-state index in [0.29, 0.717) is 38.7 Å². The Morgan fingerprint density at radius 2 is 1.81 bits per heavy atom. The lowest BCUT2D eigenvalue weighted by Gasteiger charge is -2.08. The smallest absolute Gasteiger partial charge is 0.260 e. The van der Waals surface area contributed by atoms with Crippen LogP contribution in [0.1, 0.15) is 21.6 Å². The van der Waals surface area contributed by atoms with Crippen molar-refractivity contribution in [1.29, 1.82) is 0 Å². The van der Waals surface area contributed by atoms with Gasteiger partial charge in [-0.1, -0.05) is 40.9 Å². The lowest BCUT2D eigenvalue weighted by atomic mass is 10.2. The fourth-order valence-electron chi connectivity index (χ4n) is 2.58. The van der Waals surface area contributed by atoms with Crippen molar-refractivity contribution >= 4 is 46.5 Å². The van der Waals surface area contributed by atoms with Crippen molar-refractivity contribution in [3.05, 3.63) is 74.4 Å². The molecular formula is C19H16Cl3N3O2. The first-order valence-electron chi connectivity index (χ1n) is 8.00. The Bertz CT molecular complexity index is 1000. The number of nitrogens with zero attached hydrogens (tertiary/aromatic N) is 2. The van der Waals surface area contributed by atoms with Gasteiger partial charge in [0.15, 0.2) is 5.82 Å². The molecule has 3 rings (SSSR count). The van der Waals surface area contributed by atoms with Gasteiger partial charge in [-0.2, -0.15) is 5.10 Å². The molecule has 0 aliphatic heterocycles. The summed E-state index contributed by atoms with van der Waals surface area (Å²) in [6.07, 6.45) is 0. The zero-order valence-corrected chi connectivity index (χ0v) is 16.9. The van der Waals surface area contributed by atoms with Crippen molar-refractivity contribution in [2.24, 2.45) is 0 Å². The lowest BCUT2D eigenvalue weighted by Crippen LogP contribution is -2.14. The number of carbonyl (C=O) groups is 1. The number of rotatable bonds is 5. The van der Waals surface area contributed by atoms with Gasteiger partial charge >= 0.3 is 0 Å². The first kappa shape index (κ1) is 19.5. The average molecular weight is 425 g/mol. The summed E-state index contributed by atoms with van der Waals surface area (Å²) in [5.74, 6) is 0.495. The molecule has 0 bridgehead atoms. The van der Waals surface area contributed by atoms with Gasteiger partial charge in [-0.3, -0.25) is 9.48 Å². The van der Waals surface area contributed by atoms with Crippen molar-refractivity contribution in [2.75, 3.05) is 12.4 Å². The third-order valence-corrected chi connectivity index (χ3v) is 4.79. The molecule has 3 aromatic rings. The number of carbonyl (C=O) groups excluding carboxylic acids is 1. The highest BCUT2D eigenvalue weighted by Gasteiger charge is 2.15. The van der Waals surface area contributed by atoms with Gasteiger partial charge in [0.2, 0.25) is 0 Å². The summed E-state index contributed by atoms with van der Waals surface area (Å²) in [6, 6.07) is 11.9. The van der Waals surface area contributed by atoms with Crippen molar-refractivity contribution in [1.82, 2.24) is 9.78 Å². The molecular weight excluding hydrogens is 409 g/mol. The van der Waals surface area contributed by atoms with E-state index in [1.54, 1.807) is 41.1 Å². The molecule has 1 N–H and O–H groups in total. The molecule has 0 atom stereocenters. The summed E-state index contributed by atoms with van der Waals surface area (Å²) in [6.45, 7) is 2.35. The number of nitrogens with one attached hydrogen (secondary N) is 1. The van der Waals surface area contributed by atoms with Gasteiger partial charge in [-0.15, -0.1) is 0 Å². The number of ether oxygens (including phenoxy) is 1. The number of methoxy groups -OCH3 is 1. The number of aromatic nitrogens is 2. The number of halogens is 3. The quantitative estimate of drug-likeness (QED) is 0.591. The van der Waals surface area contributed by atoms with E-state index in [2.05, 4.69) is 10.4 Å². The molecule has 2 aromatic carbocycles. The fourth-order valence-corrected chi connectivity index (χ4v) is 3.22. The topological polar surface area (TPSA) is 56.1 Å². The summed E-state index contributed by atoms with van der Waals surface area (Å²) < 4.78 is 6.97. The lowest BCUT2D eigenvalue weighted by molar-refractivity contribution is 0.102. The van der Waals surface area contributed by atoms with Gasteiger partial charge in [-0.05, 0) is 42.8 Å². The molecule has 1 amide bonds. The second-order valence-corrected chi connectivity index (χ2v) is 7.14. The van der Waals surface area contributed by atoms with E-state index in [-0.39, 0.29) is 5.91 Å². The van der Waals surface area contributed by atoms with Crippen LogP contribution in [-0.2, 0) is 6.54 Å². The highest BCUT2D eigenvalue weighted by molar-refractivity contribution is 6.35. The van der Waals surface area contributed by atoms with E-state index >= 15 is 0 Å². The molecule has 0 aliphatic carbocycles. The largest absolute Gasteiger partial charge is 0.496 e. The Balaban J connectivity index is 1.80. The average Bonchev–Trinajstić information content (AvgIpc) is 2.96. The molecule has 27 heavy (non-hydrogen) atoms. The maximum atomic E-state index is 12.6. The van der Waals surface area contributed by atoms with Crippen molar-refractivity contribution < 1.29 is 9.53 Å². The van der Waals surface area contributed by atoms with E-state index in [9.17, 15) is 4.79 Å². The number of aryl methyl sites for hydroxylation is 1. The Morgan fingerprint density at radius 3 is 2.52 bits per heavy atom. The zero-order valence-electron chi connectivity index (χ0n) is 14.6. The second kappa shape index (κ2) is 8.21. The van der Waals surface area contributed by atoms with E-state index in [0.717, 1.165) is 11.3 Å². The monoisotopic (exact) mass is 423 g/mol. The third-order valence-electron chi connectivity index (χ3n) is 3.96. The van der Waals surface area contributed by atoms with Crippen LogP contribution >= 0.6 is 34.8 Å². The summed E-state index contributed by atoms with van der Waals surface area (Å²) in [7, 11) is 1.49. The molecule has 0 unspecified atom stereocenters. The van der Waals surface area contributed by atoms with E-state index < -0.39 is 0 Å². The van der Waals surface area contributed by atoms with Crippen molar-refractivity contribution in [3.63, 3.8) is 0 Å². The molecule has 8 heteroatoms. The first-order chi connectivity index (χ1) is 12.9. The summed E-state index contributed by atoms with van der Waals surface area (Å²) in [4.78, 5) is 12.6. The Kier molecular flexibility index (Phi) is 5.95. The third kappa shape index (κ3) is 4.56. The molecule has 1 heterocycles. The van der Waals surface area contributed by atoms with Gasteiger partial charge in [0.1, 0.15) is 5.75 Å². The van der Waals surface area contributed by atoms with Crippen LogP contribution < -0.4 is 10.1 Å². The predicted octanol–water partition coefficient (Wildman–Crippen LogP) is 5.46. The van der Waals surface area contributed by atoms with Crippen LogP contribution in [-0.4, -0.2) is 22.8 Å². The van der Waals surface area contributed by atoms with Crippen LogP contribution in [0.2, 0.25) is 15.1 Å². The normalized spacial score (nSPS) is 10.7. The van der Waals surface area contributed by atoms with Crippen LogP contribution in [0.4, 0.5) is 5.82 Å². The second-order valence-electron chi connectivity index (χ2n) is 5.86. The van der Waals surface area contributed by atoms with Crippen LogP contribution in [0.15, 0.2) is 42.5 Å². The number of hydrogen-bond donors (Lipinski definition) is 1. The van der Waals surface area contributed by atoms with Gasteiger partial charge in [0, 0.05) is 26.8 Å². The number of benzene rings is 2. The molecule has 5 nitrogen and oxygen atoms in total. The number of amides is 1. The van der Waals surface area contributed by atoms with E-state index in [1.165, 1.54) is 7.11 Å². The van der Waals surface area contributed by atoms with Crippen molar-refractivity contribution in [2.45, 2.75) is 13.5 Å². The van der Waals surface area contributed by atoms with Gasteiger partial charge < -0.3 is 10.1 Å². The standard InChI is InChI=1S/C19H16Cl3N3O2/c1-11-7-18(23-19(26)15-8-13(20)5-6-17(15)27-2)24-25(11)10-12-3-4-14(21)9-16(12)22/h3-9H,10H2,1-2H3,(H,23,24,26). The van der Waals surface area contributed by atoms with Gasteiger partial charge in [0.25, 0.3) is 5.91 Å². The Morgan fingerprint density at radius 1 is 1.11 bits per heavy atom. The van der Waals surface area contributed by atoms with Crippen LogP contribution in [0, 0.1) is 6.92 Å². The zero-order chi connectivity index (χ0) is 19.6. The Labute approximate surface area is 171 Å². The van der Waals surface area contributed by atoms with Crippen LogP contribution in [0.3, 0.4) is 0 Å². The molecule has 0 saturated carbocycles. The molecule has 140 valence electrons. The summed E-state index contributed by atoms with van der Waals surface area (Å²) in [5, 5.41) is 8.78. The number of anilines is 1. The summed E-state index contributed by atoms with van der Waals surface area (Å²) >= 11 is 18.2. The van der Waals surface area contributed by atoms with Gasteiger partial charge in [-0.25, -0.2) is 0 Å². The molecule has 0 radical (unpaired) electrons. The highest BCUT2D eigenvalue weighted by Crippen LogP contribution is 2.25. The Hall–Kier alpha value is -2.21. The number of hydrogen-bond acceptors (Lipinski definition) is 3. The van der Waals surface area contributed by atoms with Crippen LogP contribution in [0.25, 0.3) is 0 Å². The minimum Gasteiger partial charge on any atom is -0.496 e. The van der Waals surface area contributed by atoms with Gasteiger partial charge in [0.05, 0.1) is 19.2 Å². The predicted molar refractivity (Wildman–Crippen MR) is 108 cm³/mol. The minimum absolute atomic E-state index is 0.331. The molecule has 0 fully saturated rings. The SMILES string of the molecule is COc1ccc(Cl)cc1C(=O)Nc1cc(C)n(Cc2ccc(Cl)cc2Cl)n1.